The van der Waals surface area contributed by atoms with E-state index in [-0.39, 0.29) is 5.91 Å². The van der Waals surface area contributed by atoms with Gasteiger partial charge in [0.25, 0.3) is 5.91 Å². The summed E-state index contributed by atoms with van der Waals surface area (Å²) in [5.74, 6) is 0.110. The molecular formula is C19H28BrN3O. The lowest BCUT2D eigenvalue weighted by Crippen LogP contribution is -2.34. The Hall–Kier alpha value is -1.36. The minimum Gasteiger partial charge on any atom is -0.337 e. The fourth-order valence-corrected chi connectivity index (χ4v) is 3.56. The number of fused-ring (bicyclic) bond motifs is 1. The van der Waals surface area contributed by atoms with E-state index in [9.17, 15) is 4.79 Å². The Balaban J connectivity index is 2.49. The van der Waals surface area contributed by atoms with Crippen molar-refractivity contribution in [2.45, 2.75) is 59.8 Å². The average Bonchev–Trinajstić information content (AvgIpc) is 2.93. The van der Waals surface area contributed by atoms with Crippen LogP contribution in [0.5, 0.6) is 0 Å². The maximum Gasteiger partial charge on any atom is 0.272 e. The van der Waals surface area contributed by atoms with Crippen molar-refractivity contribution >= 4 is 27.5 Å². The molecule has 4 nitrogen and oxygen atoms in total. The zero-order chi connectivity index (χ0) is 17.7. The number of amides is 1. The van der Waals surface area contributed by atoms with Crippen LogP contribution in [0, 0.1) is 6.92 Å². The van der Waals surface area contributed by atoms with Crippen molar-refractivity contribution in [3.63, 3.8) is 0 Å². The number of aromatic nitrogens is 2. The van der Waals surface area contributed by atoms with Gasteiger partial charge in [-0.05, 0) is 53.7 Å². The van der Waals surface area contributed by atoms with E-state index in [1.165, 1.54) is 0 Å². The average molecular weight is 394 g/mol. The topological polar surface area (TPSA) is 37.6 Å². The predicted octanol–water partition coefficient (Wildman–Crippen LogP) is 5.01. The smallest absolute Gasteiger partial charge is 0.272 e. The second-order valence-electron chi connectivity index (χ2n) is 6.32. The van der Waals surface area contributed by atoms with Gasteiger partial charge in [-0.15, -0.1) is 0 Å². The van der Waals surface area contributed by atoms with Gasteiger partial charge in [-0.3, -0.25) is 9.20 Å². The molecule has 0 saturated heterocycles. The molecule has 0 bridgehead atoms. The number of unbranched alkanes of at least 4 members (excludes halogenated alkanes) is 2. The molecule has 24 heavy (non-hydrogen) atoms. The molecule has 2 aromatic rings. The molecular weight excluding hydrogens is 366 g/mol. The molecule has 0 fully saturated rings. The van der Waals surface area contributed by atoms with Crippen LogP contribution in [-0.4, -0.2) is 33.3 Å². The molecule has 132 valence electrons. The number of carbonyl (C=O) groups is 1. The molecule has 0 saturated carbocycles. The van der Waals surface area contributed by atoms with E-state index >= 15 is 0 Å². The van der Waals surface area contributed by atoms with Crippen LogP contribution in [0.1, 0.15) is 68.2 Å². The summed E-state index contributed by atoms with van der Waals surface area (Å²) in [5.41, 5.74) is 3.54. The van der Waals surface area contributed by atoms with Crippen LogP contribution >= 0.6 is 15.9 Å². The predicted molar refractivity (Wildman–Crippen MR) is 103 cm³/mol. The molecule has 2 aromatic heterocycles. The fourth-order valence-electron chi connectivity index (χ4n) is 2.91. The zero-order valence-corrected chi connectivity index (χ0v) is 16.8. The maximum atomic E-state index is 13.3. The highest BCUT2D eigenvalue weighted by Gasteiger charge is 2.24. The van der Waals surface area contributed by atoms with Gasteiger partial charge in [-0.1, -0.05) is 33.6 Å². The highest BCUT2D eigenvalue weighted by molar-refractivity contribution is 9.10. The van der Waals surface area contributed by atoms with Gasteiger partial charge in [-0.25, -0.2) is 4.98 Å². The minimum atomic E-state index is 0.110. The molecule has 0 N–H and O–H groups in total. The van der Waals surface area contributed by atoms with Crippen LogP contribution in [0.25, 0.3) is 5.65 Å². The standard InChI is InChI=1S/C19H28BrN3O/c1-5-8-10-22(11-9-6-2)19(24)17-16(7-3)21-18-15(20)12-14(4)13-23(17)18/h12-13H,5-11H2,1-4H3. The second kappa shape index (κ2) is 8.65. The largest absolute Gasteiger partial charge is 0.337 e. The number of nitrogens with zero attached hydrogens (tertiary/aromatic N) is 3. The van der Waals surface area contributed by atoms with E-state index in [1.54, 1.807) is 0 Å². The number of carbonyl (C=O) groups excluding carboxylic acids is 1. The van der Waals surface area contributed by atoms with Gasteiger partial charge in [0.2, 0.25) is 0 Å². The van der Waals surface area contributed by atoms with Crippen LogP contribution < -0.4 is 0 Å². The first-order chi connectivity index (χ1) is 11.5. The highest BCUT2D eigenvalue weighted by Crippen LogP contribution is 2.24. The first-order valence-corrected chi connectivity index (χ1v) is 9.79. The summed E-state index contributed by atoms with van der Waals surface area (Å²) < 4.78 is 2.90. The lowest BCUT2D eigenvalue weighted by atomic mass is 10.2. The lowest BCUT2D eigenvalue weighted by molar-refractivity contribution is 0.0743. The molecule has 2 rings (SSSR count). The summed E-state index contributed by atoms with van der Waals surface area (Å²) in [7, 11) is 0. The van der Waals surface area contributed by atoms with Crippen molar-refractivity contribution in [3.05, 3.63) is 33.7 Å². The summed E-state index contributed by atoms with van der Waals surface area (Å²) in [5, 5.41) is 0. The van der Waals surface area contributed by atoms with Crippen LogP contribution in [0.4, 0.5) is 0 Å². The van der Waals surface area contributed by atoms with Crippen molar-refractivity contribution in [2.75, 3.05) is 13.1 Å². The Morgan fingerprint density at radius 3 is 2.38 bits per heavy atom. The monoisotopic (exact) mass is 393 g/mol. The van der Waals surface area contributed by atoms with E-state index in [2.05, 4.69) is 36.7 Å². The molecule has 5 heteroatoms. The Morgan fingerprint density at radius 2 is 1.83 bits per heavy atom. The summed E-state index contributed by atoms with van der Waals surface area (Å²) in [4.78, 5) is 20.0. The molecule has 0 radical (unpaired) electrons. The molecule has 0 aliphatic carbocycles. The third kappa shape index (κ3) is 4.00. The van der Waals surface area contributed by atoms with Crippen molar-refractivity contribution in [2.24, 2.45) is 0 Å². The van der Waals surface area contributed by atoms with Crippen molar-refractivity contribution in [3.8, 4) is 0 Å². The highest BCUT2D eigenvalue weighted by atomic mass is 79.9. The molecule has 0 aliphatic rings. The second-order valence-corrected chi connectivity index (χ2v) is 7.17. The van der Waals surface area contributed by atoms with Gasteiger partial charge in [0.1, 0.15) is 5.69 Å². The first-order valence-electron chi connectivity index (χ1n) is 8.99. The van der Waals surface area contributed by atoms with Crippen LogP contribution in [0.2, 0.25) is 0 Å². The zero-order valence-electron chi connectivity index (χ0n) is 15.2. The third-order valence-corrected chi connectivity index (χ3v) is 4.86. The molecule has 1 amide bonds. The van der Waals surface area contributed by atoms with Crippen molar-refractivity contribution in [1.82, 2.24) is 14.3 Å². The number of halogens is 1. The number of pyridine rings is 1. The van der Waals surface area contributed by atoms with Gasteiger partial charge in [0.05, 0.1) is 10.2 Å². The van der Waals surface area contributed by atoms with Gasteiger partial charge in [0.15, 0.2) is 5.65 Å². The van der Waals surface area contributed by atoms with Gasteiger partial charge in [0, 0.05) is 19.3 Å². The third-order valence-electron chi connectivity index (χ3n) is 4.27. The van der Waals surface area contributed by atoms with Crippen molar-refractivity contribution in [1.29, 1.82) is 0 Å². The van der Waals surface area contributed by atoms with Crippen LogP contribution in [-0.2, 0) is 6.42 Å². The van der Waals surface area contributed by atoms with E-state index in [4.69, 9.17) is 4.98 Å². The fraction of sp³-hybridized carbons (Fsp3) is 0.579. The summed E-state index contributed by atoms with van der Waals surface area (Å²) >= 11 is 3.59. The molecule has 0 spiro atoms. The van der Waals surface area contributed by atoms with Crippen LogP contribution in [0.15, 0.2) is 16.7 Å². The van der Waals surface area contributed by atoms with Gasteiger partial charge in [-0.2, -0.15) is 0 Å². The Kier molecular flexibility index (Phi) is 6.84. The normalized spacial score (nSPS) is 11.2. The molecule has 2 heterocycles. The Morgan fingerprint density at radius 1 is 1.21 bits per heavy atom. The van der Waals surface area contributed by atoms with E-state index in [0.717, 1.165) is 72.3 Å². The summed E-state index contributed by atoms with van der Waals surface area (Å²) in [6.07, 6.45) is 7.02. The number of rotatable bonds is 8. The lowest BCUT2D eigenvalue weighted by Gasteiger charge is -2.22. The van der Waals surface area contributed by atoms with Gasteiger partial charge >= 0.3 is 0 Å². The number of aryl methyl sites for hydroxylation is 2. The first kappa shape index (κ1) is 19.0. The number of imidazole rings is 1. The number of hydrogen-bond acceptors (Lipinski definition) is 2. The quantitative estimate of drug-likeness (QED) is 0.631. The Labute approximate surface area is 153 Å². The van der Waals surface area contributed by atoms with E-state index < -0.39 is 0 Å². The van der Waals surface area contributed by atoms with Crippen molar-refractivity contribution < 1.29 is 4.79 Å². The molecule has 0 atom stereocenters. The molecule has 0 aliphatic heterocycles. The minimum absolute atomic E-state index is 0.110. The van der Waals surface area contributed by atoms with Crippen LogP contribution in [0.3, 0.4) is 0 Å². The summed E-state index contributed by atoms with van der Waals surface area (Å²) in [6, 6.07) is 2.04. The van der Waals surface area contributed by atoms with E-state index in [0.29, 0.717) is 0 Å². The maximum absolute atomic E-state index is 13.3. The molecule has 0 unspecified atom stereocenters. The molecule has 0 aromatic carbocycles. The Bertz CT molecular complexity index is 700. The SMILES string of the molecule is CCCCN(CCCC)C(=O)c1c(CC)nc2c(Br)cc(C)cn12. The van der Waals surface area contributed by atoms with E-state index in [1.807, 2.05) is 28.5 Å². The van der Waals surface area contributed by atoms with Gasteiger partial charge < -0.3 is 4.90 Å². The summed E-state index contributed by atoms with van der Waals surface area (Å²) in [6.45, 7) is 10.1. The number of hydrogen-bond donors (Lipinski definition) is 0.